The third-order valence-corrected chi connectivity index (χ3v) is 3.46. The number of nitrogens with two attached hydrogens (primary N) is 1. The fourth-order valence-corrected chi connectivity index (χ4v) is 1.99. The van der Waals surface area contributed by atoms with E-state index in [2.05, 4.69) is 0 Å². The molecule has 0 atom stereocenters. The molecular weight excluding hydrogens is 205 g/mol. The van der Waals surface area contributed by atoms with Crippen molar-refractivity contribution in [3.63, 3.8) is 0 Å². The number of sulfone groups is 1. The van der Waals surface area contributed by atoms with Gasteiger partial charge in [-0.3, -0.25) is 0 Å². The summed E-state index contributed by atoms with van der Waals surface area (Å²) in [5, 5.41) is 0. The first kappa shape index (κ1) is 11.0. The highest BCUT2D eigenvalue weighted by atomic mass is 32.2. The maximum absolute atomic E-state index is 12.8. The van der Waals surface area contributed by atoms with Crippen molar-refractivity contribution in [1.29, 1.82) is 0 Å². The van der Waals surface area contributed by atoms with E-state index in [4.69, 9.17) is 5.73 Å². The lowest BCUT2D eigenvalue weighted by molar-refractivity contribution is 0.596. The summed E-state index contributed by atoms with van der Waals surface area (Å²) in [5.74, 6) is -0.624. The molecule has 0 unspecified atom stereocenters. The molecule has 0 saturated carbocycles. The van der Waals surface area contributed by atoms with Gasteiger partial charge in [0.1, 0.15) is 5.82 Å². The molecule has 0 bridgehead atoms. The molecular formula is C9H12FNO2S. The van der Waals surface area contributed by atoms with Gasteiger partial charge in [-0.25, -0.2) is 12.8 Å². The van der Waals surface area contributed by atoms with E-state index in [1.807, 2.05) is 0 Å². The maximum atomic E-state index is 12.8. The smallest absolute Gasteiger partial charge is 0.154 e. The van der Waals surface area contributed by atoms with Crippen LogP contribution >= 0.6 is 0 Å². The van der Waals surface area contributed by atoms with E-state index >= 15 is 0 Å². The van der Waals surface area contributed by atoms with E-state index in [-0.39, 0.29) is 17.2 Å². The second-order valence-corrected chi connectivity index (χ2v) is 5.42. The van der Waals surface area contributed by atoms with Crippen molar-refractivity contribution in [2.45, 2.75) is 12.7 Å². The normalized spacial score (nSPS) is 11.6. The first-order valence-corrected chi connectivity index (χ1v) is 6.00. The SMILES string of the molecule is CCS(=O)(=O)Cc1cc(N)cc(F)c1. The molecule has 0 amide bonds. The molecule has 0 radical (unpaired) electrons. The minimum absolute atomic E-state index is 0.0451. The first-order chi connectivity index (χ1) is 6.43. The van der Waals surface area contributed by atoms with Gasteiger partial charge in [0.15, 0.2) is 9.84 Å². The van der Waals surface area contributed by atoms with Crippen molar-refractivity contribution in [1.82, 2.24) is 0 Å². The summed E-state index contributed by atoms with van der Waals surface area (Å²) in [6.07, 6.45) is 0. The van der Waals surface area contributed by atoms with Gasteiger partial charge in [0.2, 0.25) is 0 Å². The summed E-state index contributed by atoms with van der Waals surface area (Å²) in [5.41, 5.74) is 6.02. The van der Waals surface area contributed by atoms with Crippen molar-refractivity contribution in [2.24, 2.45) is 0 Å². The lowest BCUT2D eigenvalue weighted by Gasteiger charge is -2.03. The Balaban J connectivity index is 2.98. The van der Waals surface area contributed by atoms with Gasteiger partial charge >= 0.3 is 0 Å². The minimum atomic E-state index is -3.13. The topological polar surface area (TPSA) is 60.2 Å². The zero-order valence-corrected chi connectivity index (χ0v) is 8.64. The molecule has 0 spiro atoms. The van der Waals surface area contributed by atoms with Gasteiger partial charge in [0.25, 0.3) is 0 Å². The summed E-state index contributed by atoms with van der Waals surface area (Å²) >= 11 is 0. The monoisotopic (exact) mass is 217 g/mol. The summed E-state index contributed by atoms with van der Waals surface area (Å²) < 4.78 is 35.3. The van der Waals surface area contributed by atoms with Crippen LogP contribution in [0.4, 0.5) is 10.1 Å². The van der Waals surface area contributed by atoms with Crippen LogP contribution in [0.15, 0.2) is 18.2 Å². The summed E-state index contributed by atoms with van der Waals surface area (Å²) in [6.45, 7) is 1.55. The first-order valence-electron chi connectivity index (χ1n) is 4.18. The lowest BCUT2D eigenvalue weighted by atomic mass is 10.2. The fourth-order valence-electron chi connectivity index (χ4n) is 1.11. The highest BCUT2D eigenvalue weighted by molar-refractivity contribution is 7.90. The molecule has 0 fully saturated rings. The predicted octanol–water partition coefficient (Wildman–Crippen LogP) is 1.34. The van der Waals surface area contributed by atoms with Crippen molar-refractivity contribution >= 4 is 15.5 Å². The third-order valence-electron chi connectivity index (χ3n) is 1.81. The Labute approximate surface area is 82.7 Å². The molecule has 3 nitrogen and oxygen atoms in total. The van der Waals surface area contributed by atoms with E-state index in [0.29, 0.717) is 5.56 Å². The second-order valence-electron chi connectivity index (χ2n) is 3.07. The van der Waals surface area contributed by atoms with E-state index in [1.54, 1.807) is 6.92 Å². The van der Waals surface area contributed by atoms with Gasteiger partial charge < -0.3 is 5.73 Å². The molecule has 5 heteroatoms. The molecule has 0 aromatic heterocycles. The Bertz CT molecular complexity index is 408. The Morgan fingerprint density at radius 2 is 2.00 bits per heavy atom. The fraction of sp³-hybridized carbons (Fsp3) is 0.333. The van der Waals surface area contributed by atoms with Crippen LogP contribution < -0.4 is 5.73 Å². The van der Waals surface area contributed by atoms with Crippen LogP contribution in [0.3, 0.4) is 0 Å². The Morgan fingerprint density at radius 1 is 1.36 bits per heavy atom. The molecule has 0 saturated heterocycles. The molecule has 1 aromatic carbocycles. The summed E-state index contributed by atoms with van der Waals surface area (Å²) in [4.78, 5) is 0. The number of benzene rings is 1. The quantitative estimate of drug-likeness (QED) is 0.777. The van der Waals surface area contributed by atoms with Gasteiger partial charge in [-0.05, 0) is 23.8 Å². The Hall–Kier alpha value is -1.10. The van der Waals surface area contributed by atoms with Gasteiger partial charge in [-0.15, -0.1) is 0 Å². The largest absolute Gasteiger partial charge is 0.399 e. The van der Waals surface area contributed by atoms with Gasteiger partial charge in [-0.1, -0.05) is 6.92 Å². The van der Waals surface area contributed by atoms with Crippen molar-refractivity contribution in [3.8, 4) is 0 Å². The predicted molar refractivity (Wildman–Crippen MR) is 54.0 cm³/mol. The Kier molecular flexibility index (Phi) is 3.10. The van der Waals surface area contributed by atoms with Crippen molar-refractivity contribution < 1.29 is 12.8 Å². The molecule has 0 aliphatic heterocycles. The van der Waals surface area contributed by atoms with Crippen LogP contribution in [0.2, 0.25) is 0 Å². The summed E-state index contributed by atoms with van der Waals surface area (Å²) in [6, 6.07) is 3.81. The average Bonchev–Trinajstić information content (AvgIpc) is 2.01. The minimum Gasteiger partial charge on any atom is -0.399 e. The van der Waals surface area contributed by atoms with Crippen LogP contribution in [-0.4, -0.2) is 14.2 Å². The number of nitrogen functional groups attached to an aromatic ring is 1. The molecule has 2 N–H and O–H groups in total. The number of hydrogen-bond donors (Lipinski definition) is 1. The van der Waals surface area contributed by atoms with Crippen LogP contribution in [0.5, 0.6) is 0 Å². The van der Waals surface area contributed by atoms with E-state index in [0.717, 1.165) is 6.07 Å². The second kappa shape index (κ2) is 3.96. The van der Waals surface area contributed by atoms with Crippen molar-refractivity contribution in [3.05, 3.63) is 29.6 Å². The molecule has 0 aliphatic carbocycles. The number of anilines is 1. The van der Waals surface area contributed by atoms with E-state index < -0.39 is 15.7 Å². The van der Waals surface area contributed by atoms with Gasteiger partial charge in [0, 0.05) is 11.4 Å². The molecule has 14 heavy (non-hydrogen) atoms. The average molecular weight is 217 g/mol. The summed E-state index contributed by atoms with van der Waals surface area (Å²) in [7, 11) is -3.13. The van der Waals surface area contributed by atoms with Crippen LogP contribution in [0.25, 0.3) is 0 Å². The third kappa shape index (κ3) is 2.99. The highest BCUT2D eigenvalue weighted by Crippen LogP contribution is 2.13. The number of halogens is 1. The maximum Gasteiger partial charge on any atom is 0.154 e. The zero-order chi connectivity index (χ0) is 10.8. The standard InChI is InChI=1S/C9H12FNO2S/c1-2-14(12,13)6-7-3-8(10)5-9(11)4-7/h3-5H,2,6,11H2,1H3. The molecule has 0 heterocycles. The molecule has 1 rings (SSSR count). The van der Waals surface area contributed by atoms with Crippen molar-refractivity contribution in [2.75, 3.05) is 11.5 Å². The molecule has 78 valence electrons. The van der Waals surface area contributed by atoms with Gasteiger partial charge in [0.05, 0.1) is 5.75 Å². The highest BCUT2D eigenvalue weighted by Gasteiger charge is 2.09. The van der Waals surface area contributed by atoms with Crippen LogP contribution in [0, 0.1) is 5.82 Å². The van der Waals surface area contributed by atoms with E-state index in [9.17, 15) is 12.8 Å². The Morgan fingerprint density at radius 3 is 2.50 bits per heavy atom. The number of rotatable bonds is 3. The lowest BCUT2D eigenvalue weighted by Crippen LogP contribution is -2.07. The molecule has 1 aromatic rings. The van der Waals surface area contributed by atoms with Crippen LogP contribution in [0.1, 0.15) is 12.5 Å². The number of hydrogen-bond acceptors (Lipinski definition) is 3. The van der Waals surface area contributed by atoms with E-state index in [1.165, 1.54) is 12.1 Å². The van der Waals surface area contributed by atoms with Crippen LogP contribution in [-0.2, 0) is 15.6 Å². The zero-order valence-electron chi connectivity index (χ0n) is 7.83. The van der Waals surface area contributed by atoms with Gasteiger partial charge in [-0.2, -0.15) is 0 Å². The molecule has 0 aliphatic rings.